The molecule has 4 aromatic rings. The predicted octanol–water partition coefficient (Wildman–Crippen LogP) is 4.02. The highest BCUT2D eigenvalue weighted by molar-refractivity contribution is 14.1. The molecule has 2 fully saturated rings. The van der Waals surface area contributed by atoms with Gasteiger partial charge in [-0.1, -0.05) is 34.7 Å². The number of hydrogen-bond donors (Lipinski definition) is 0. The van der Waals surface area contributed by atoms with Crippen LogP contribution in [-0.4, -0.2) is 85.2 Å². The third kappa shape index (κ3) is 7.59. The average Bonchev–Trinajstić information content (AvgIpc) is 3.83. The van der Waals surface area contributed by atoms with Gasteiger partial charge in [0.05, 0.1) is 44.7 Å². The van der Waals surface area contributed by atoms with Gasteiger partial charge in [-0.05, 0) is 84.7 Å². The molecule has 44 heavy (non-hydrogen) atoms. The third-order valence-corrected chi connectivity index (χ3v) is 7.86. The molecular formula is C30H33IN8O5. The van der Waals surface area contributed by atoms with Gasteiger partial charge in [0.1, 0.15) is 0 Å². The number of hydrogen-bond acceptors (Lipinski definition) is 9. The highest BCUT2D eigenvalue weighted by atomic mass is 127. The molecule has 0 N–H and O–H groups in total. The van der Waals surface area contributed by atoms with Gasteiger partial charge >= 0.3 is 18.0 Å². The molecule has 13 nitrogen and oxygen atoms in total. The average molecular weight is 713 g/mol. The van der Waals surface area contributed by atoms with E-state index < -0.39 is 11.9 Å². The second kappa shape index (κ2) is 14.4. The molecular weight excluding hydrogens is 679 g/mol. The number of anilines is 1. The van der Waals surface area contributed by atoms with Crippen LogP contribution in [0.1, 0.15) is 58.8 Å². The molecule has 1 atom stereocenters. The lowest BCUT2D eigenvalue weighted by Crippen LogP contribution is -2.31. The van der Waals surface area contributed by atoms with Crippen LogP contribution in [0.4, 0.5) is 10.5 Å². The van der Waals surface area contributed by atoms with Crippen molar-refractivity contribution in [2.75, 3.05) is 31.2 Å². The first-order chi connectivity index (χ1) is 21.3. The zero-order valence-corrected chi connectivity index (χ0v) is 26.7. The quantitative estimate of drug-likeness (QED) is 0.186. The predicted molar refractivity (Wildman–Crippen MR) is 168 cm³/mol. The van der Waals surface area contributed by atoms with E-state index in [2.05, 4.69) is 43.2 Å². The molecule has 0 bridgehead atoms. The zero-order valence-electron chi connectivity index (χ0n) is 24.5. The van der Waals surface area contributed by atoms with Crippen molar-refractivity contribution in [1.29, 1.82) is 0 Å². The molecule has 2 saturated heterocycles. The summed E-state index contributed by atoms with van der Waals surface area (Å²) >= 11 is 2.25. The summed E-state index contributed by atoms with van der Waals surface area (Å²) < 4.78 is 14.2. The van der Waals surface area contributed by atoms with Crippen LogP contribution in [0.3, 0.4) is 0 Å². The molecule has 0 aliphatic carbocycles. The van der Waals surface area contributed by atoms with Crippen LogP contribution < -0.4 is 4.90 Å². The first-order valence-corrected chi connectivity index (χ1v) is 15.5. The number of aromatic nitrogens is 6. The maximum atomic E-state index is 12.5. The summed E-state index contributed by atoms with van der Waals surface area (Å²) in [5.74, 6) is -0.909. The van der Waals surface area contributed by atoms with Crippen molar-refractivity contribution in [2.45, 2.75) is 45.8 Å². The number of ether oxygens (including phenoxy) is 2. The van der Waals surface area contributed by atoms with E-state index in [-0.39, 0.29) is 17.4 Å². The smallest absolute Gasteiger partial charge is 0.360 e. The largest absolute Gasteiger partial charge is 0.461 e. The van der Waals surface area contributed by atoms with Crippen molar-refractivity contribution in [3.05, 3.63) is 87.0 Å². The second-order valence-corrected chi connectivity index (χ2v) is 11.5. The molecule has 230 valence electrons. The van der Waals surface area contributed by atoms with Crippen LogP contribution in [0.2, 0.25) is 0 Å². The number of rotatable bonds is 9. The van der Waals surface area contributed by atoms with Gasteiger partial charge < -0.3 is 14.4 Å². The van der Waals surface area contributed by atoms with Gasteiger partial charge in [-0.25, -0.2) is 23.7 Å². The molecule has 0 spiro atoms. The number of amides is 2. The Morgan fingerprint density at radius 3 is 1.86 bits per heavy atom. The molecule has 14 heteroatoms. The molecule has 0 radical (unpaired) electrons. The minimum absolute atomic E-state index is 0.107. The van der Waals surface area contributed by atoms with Crippen molar-refractivity contribution in [1.82, 2.24) is 34.9 Å². The Kier molecular flexibility index (Phi) is 10.2. The van der Waals surface area contributed by atoms with Crippen molar-refractivity contribution < 1.29 is 23.9 Å². The van der Waals surface area contributed by atoms with Gasteiger partial charge in [-0.15, -0.1) is 10.2 Å². The standard InChI is InChI=1S/C18H21N5O3.C12H12IN3O2/c1-2-26-17(24)16-12-21(20-19-16)10-13-5-7-14(8-6-13)23-11-15-4-3-9-22(15)18(23)25;1-2-18-12(17)11-8-16(15-14-11)7-9-3-5-10(13)6-4-9/h5-8,12,15H,2-4,9-11H2,1H3;3-6,8H,2,7H2,1H3. The number of fused-ring (bicyclic) bond motifs is 1. The van der Waals surface area contributed by atoms with Crippen LogP contribution in [-0.2, 0) is 22.6 Å². The van der Waals surface area contributed by atoms with Crippen LogP contribution in [0.15, 0.2) is 60.9 Å². The Bertz CT molecular complexity index is 1590. The Hall–Kier alpha value is -4.34. The van der Waals surface area contributed by atoms with E-state index in [9.17, 15) is 14.4 Å². The fourth-order valence-corrected chi connectivity index (χ4v) is 5.39. The SMILES string of the molecule is CCOC(=O)c1cn(Cc2ccc(I)cc2)nn1.CCOC(=O)c1cn(Cc2ccc(N3CC4CCCN4C3=O)cc2)nn1. The van der Waals surface area contributed by atoms with E-state index in [0.717, 1.165) is 42.7 Å². The number of esters is 2. The minimum Gasteiger partial charge on any atom is -0.461 e. The van der Waals surface area contributed by atoms with Crippen molar-refractivity contribution in [3.63, 3.8) is 0 Å². The topological polar surface area (TPSA) is 138 Å². The minimum atomic E-state index is -0.470. The molecule has 6 rings (SSSR count). The van der Waals surface area contributed by atoms with Gasteiger partial charge in [0, 0.05) is 22.3 Å². The molecule has 4 heterocycles. The van der Waals surface area contributed by atoms with Crippen molar-refractivity contribution >= 4 is 46.2 Å². The van der Waals surface area contributed by atoms with Crippen LogP contribution in [0, 0.1) is 3.57 Å². The summed E-state index contributed by atoms with van der Waals surface area (Å²) in [6.07, 6.45) is 5.37. The first kappa shape index (κ1) is 31.1. The molecule has 2 amide bonds. The Morgan fingerprint density at radius 2 is 1.36 bits per heavy atom. The van der Waals surface area contributed by atoms with E-state index in [1.807, 2.05) is 58.3 Å². The summed E-state index contributed by atoms with van der Waals surface area (Å²) in [6.45, 7) is 6.87. The van der Waals surface area contributed by atoms with Crippen LogP contribution >= 0.6 is 22.6 Å². The number of carbonyl (C=O) groups is 3. The van der Waals surface area contributed by atoms with E-state index in [1.54, 1.807) is 35.6 Å². The zero-order chi connectivity index (χ0) is 31.1. The summed E-state index contributed by atoms with van der Waals surface area (Å²) in [6, 6.07) is 16.4. The summed E-state index contributed by atoms with van der Waals surface area (Å²) in [5, 5.41) is 15.5. The van der Waals surface area contributed by atoms with E-state index in [0.29, 0.717) is 32.3 Å². The van der Waals surface area contributed by atoms with Crippen molar-refractivity contribution in [3.8, 4) is 0 Å². The number of carbonyl (C=O) groups excluding carboxylic acids is 3. The van der Waals surface area contributed by atoms with Gasteiger partial charge in [0.2, 0.25) is 0 Å². The molecule has 2 aromatic carbocycles. The number of benzene rings is 2. The van der Waals surface area contributed by atoms with E-state index in [4.69, 9.17) is 9.47 Å². The third-order valence-electron chi connectivity index (χ3n) is 7.14. The number of halogens is 1. The van der Waals surface area contributed by atoms with Crippen molar-refractivity contribution in [2.24, 2.45) is 0 Å². The second-order valence-electron chi connectivity index (χ2n) is 10.2. The lowest BCUT2D eigenvalue weighted by molar-refractivity contribution is 0.0510. The van der Waals surface area contributed by atoms with E-state index >= 15 is 0 Å². The lowest BCUT2D eigenvalue weighted by atomic mass is 10.2. The van der Waals surface area contributed by atoms with Crippen LogP contribution in [0.5, 0.6) is 0 Å². The highest BCUT2D eigenvalue weighted by Gasteiger charge is 2.40. The Labute approximate surface area is 268 Å². The maximum absolute atomic E-state index is 12.5. The highest BCUT2D eigenvalue weighted by Crippen LogP contribution is 2.30. The van der Waals surface area contributed by atoms with Gasteiger partial charge in [0.15, 0.2) is 11.4 Å². The first-order valence-electron chi connectivity index (χ1n) is 14.4. The molecule has 2 aromatic heterocycles. The van der Waals surface area contributed by atoms with Gasteiger partial charge in [-0.2, -0.15) is 0 Å². The summed E-state index contributed by atoms with van der Waals surface area (Å²) in [4.78, 5) is 39.3. The van der Waals surface area contributed by atoms with Crippen LogP contribution in [0.25, 0.3) is 0 Å². The molecule has 0 saturated carbocycles. The molecule has 1 unspecified atom stereocenters. The van der Waals surface area contributed by atoms with Gasteiger partial charge in [0.25, 0.3) is 0 Å². The molecule has 2 aliphatic rings. The normalized spacial score (nSPS) is 15.5. The molecule has 2 aliphatic heterocycles. The summed E-state index contributed by atoms with van der Waals surface area (Å²) in [5.41, 5.74) is 3.48. The maximum Gasteiger partial charge on any atom is 0.360 e. The Morgan fingerprint density at radius 1 is 0.841 bits per heavy atom. The fourth-order valence-electron chi connectivity index (χ4n) is 5.03. The fraction of sp³-hybridized carbons (Fsp3) is 0.367. The number of urea groups is 1. The summed E-state index contributed by atoms with van der Waals surface area (Å²) in [7, 11) is 0. The number of nitrogens with zero attached hydrogens (tertiary/aromatic N) is 8. The lowest BCUT2D eigenvalue weighted by Gasteiger charge is -2.17. The Balaban J connectivity index is 0.000000187. The van der Waals surface area contributed by atoms with E-state index in [1.165, 1.54) is 3.57 Å². The monoisotopic (exact) mass is 712 g/mol. The van der Waals surface area contributed by atoms with Gasteiger partial charge in [-0.3, -0.25) is 4.90 Å².